The highest BCUT2D eigenvalue weighted by Gasteiger charge is 2.14. The molecule has 1 heterocycles. The Morgan fingerprint density at radius 2 is 1.95 bits per heavy atom. The molecule has 1 aromatic heterocycles. The van der Waals surface area contributed by atoms with Crippen LogP contribution >= 0.6 is 0 Å². The number of carbonyl (C=O) groups excluding carboxylic acids is 2. The highest BCUT2D eigenvalue weighted by molar-refractivity contribution is 6.05. The number of para-hydroxylation sites is 1. The van der Waals surface area contributed by atoms with Gasteiger partial charge in [0.25, 0.3) is 5.91 Å². The molecular weight excluding hydrogens is 266 g/mol. The van der Waals surface area contributed by atoms with E-state index in [4.69, 9.17) is 0 Å². The number of benzene rings is 1. The second-order valence-electron chi connectivity index (χ2n) is 6.05. The van der Waals surface area contributed by atoms with Crippen LogP contribution in [0.3, 0.4) is 0 Å². The lowest BCUT2D eigenvalue weighted by Crippen LogP contribution is -2.42. The molecule has 0 aliphatic rings. The lowest BCUT2D eigenvalue weighted by molar-refractivity contribution is -0.122. The van der Waals surface area contributed by atoms with Gasteiger partial charge in [-0.25, -0.2) is 0 Å². The molecule has 21 heavy (non-hydrogen) atoms. The lowest BCUT2D eigenvalue weighted by Gasteiger charge is -2.20. The van der Waals surface area contributed by atoms with Gasteiger partial charge in [-0.15, -0.1) is 0 Å². The van der Waals surface area contributed by atoms with Crippen LogP contribution in [0, 0.1) is 0 Å². The van der Waals surface area contributed by atoms with Gasteiger partial charge in [0.2, 0.25) is 5.91 Å². The number of rotatable bonds is 4. The lowest BCUT2D eigenvalue weighted by atomic mass is 10.1. The Bertz CT molecular complexity index is 653. The number of hydrogen-bond acceptors (Lipinski definition) is 2. The minimum Gasteiger partial charge on any atom is -0.361 e. The minimum atomic E-state index is -0.253. The molecule has 112 valence electrons. The Kier molecular flexibility index (Phi) is 4.31. The molecule has 5 heteroatoms. The Morgan fingerprint density at radius 1 is 1.19 bits per heavy atom. The van der Waals surface area contributed by atoms with Gasteiger partial charge >= 0.3 is 0 Å². The first-order chi connectivity index (χ1) is 9.87. The smallest absolute Gasteiger partial charge is 0.253 e. The molecule has 0 atom stereocenters. The Balaban J connectivity index is 1.91. The van der Waals surface area contributed by atoms with Crippen LogP contribution < -0.4 is 10.6 Å². The first kappa shape index (κ1) is 15.1. The summed E-state index contributed by atoms with van der Waals surface area (Å²) in [5, 5.41) is 6.63. The van der Waals surface area contributed by atoms with Crippen molar-refractivity contribution < 1.29 is 9.59 Å². The molecule has 2 amide bonds. The van der Waals surface area contributed by atoms with Crippen LogP contribution in [-0.4, -0.2) is 28.9 Å². The number of hydrogen-bond donors (Lipinski definition) is 3. The molecule has 5 nitrogen and oxygen atoms in total. The van der Waals surface area contributed by atoms with Crippen molar-refractivity contribution in [2.45, 2.75) is 32.7 Å². The van der Waals surface area contributed by atoms with Gasteiger partial charge in [-0.1, -0.05) is 12.1 Å². The third kappa shape index (κ3) is 4.08. The van der Waals surface area contributed by atoms with Crippen LogP contribution in [0.15, 0.2) is 30.5 Å². The molecule has 2 rings (SSSR count). The Labute approximate surface area is 124 Å². The average Bonchev–Trinajstić information content (AvgIpc) is 2.84. The number of aromatic nitrogens is 1. The largest absolute Gasteiger partial charge is 0.361 e. The zero-order chi connectivity index (χ0) is 15.5. The predicted octanol–water partition coefficient (Wildman–Crippen LogP) is 2.20. The van der Waals surface area contributed by atoms with Gasteiger partial charge in [0, 0.05) is 30.1 Å². The molecule has 0 fully saturated rings. The van der Waals surface area contributed by atoms with E-state index in [1.807, 2.05) is 39.0 Å². The third-order valence-corrected chi connectivity index (χ3v) is 2.98. The van der Waals surface area contributed by atoms with Crippen LogP contribution in [-0.2, 0) is 4.79 Å². The molecular formula is C16H21N3O2. The average molecular weight is 287 g/mol. The van der Waals surface area contributed by atoms with Crippen molar-refractivity contribution in [3.8, 4) is 0 Å². The standard InChI is InChI=1S/C16H21N3O2/c1-16(2,3)19-13(20)8-10-18-15(21)12-6-4-5-11-7-9-17-14(11)12/h4-7,9,17H,8,10H2,1-3H3,(H,18,21)(H,19,20). The summed E-state index contributed by atoms with van der Waals surface area (Å²) in [6.45, 7) is 6.10. The maximum Gasteiger partial charge on any atom is 0.253 e. The van der Waals surface area contributed by atoms with Gasteiger partial charge in [0.1, 0.15) is 0 Å². The fourth-order valence-electron chi connectivity index (χ4n) is 2.14. The number of nitrogens with one attached hydrogen (secondary N) is 3. The summed E-state index contributed by atoms with van der Waals surface area (Å²) < 4.78 is 0. The van der Waals surface area contributed by atoms with E-state index < -0.39 is 0 Å². The molecule has 0 aliphatic carbocycles. The van der Waals surface area contributed by atoms with Gasteiger partial charge in [0.05, 0.1) is 11.1 Å². The maximum absolute atomic E-state index is 12.2. The molecule has 0 saturated carbocycles. The van der Waals surface area contributed by atoms with Gasteiger partial charge in [-0.05, 0) is 32.9 Å². The molecule has 0 bridgehead atoms. The van der Waals surface area contributed by atoms with E-state index in [0.717, 1.165) is 10.9 Å². The summed E-state index contributed by atoms with van der Waals surface area (Å²) in [4.78, 5) is 26.9. The fraction of sp³-hybridized carbons (Fsp3) is 0.375. The number of H-pyrrole nitrogens is 1. The molecule has 0 spiro atoms. The van der Waals surface area contributed by atoms with Crippen LogP contribution in [0.1, 0.15) is 37.6 Å². The van der Waals surface area contributed by atoms with Crippen LogP contribution in [0.5, 0.6) is 0 Å². The fourth-order valence-corrected chi connectivity index (χ4v) is 2.14. The second-order valence-corrected chi connectivity index (χ2v) is 6.05. The first-order valence-corrected chi connectivity index (χ1v) is 7.02. The van der Waals surface area contributed by atoms with Gasteiger partial charge in [-0.3, -0.25) is 9.59 Å². The van der Waals surface area contributed by atoms with Crippen molar-refractivity contribution in [3.05, 3.63) is 36.0 Å². The molecule has 0 aliphatic heterocycles. The van der Waals surface area contributed by atoms with Crippen LogP contribution in [0.25, 0.3) is 10.9 Å². The summed E-state index contributed by atoms with van der Waals surface area (Å²) in [5.74, 6) is -0.243. The van der Waals surface area contributed by atoms with Gasteiger partial charge in [-0.2, -0.15) is 0 Å². The summed E-state index contributed by atoms with van der Waals surface area (Å²) >= 11 is 0. The summed E-state index contributed by atoms with van der Waals surface area (Å²) in [7, 11) is 0. The van der Waals surface area contributed by atoms with Crippen molar-refractivity contribution in [1.82, 2.24) is 15.6 Å². The topological polar surface area (TPSA) is 74.0 Å². The normalized spacial score (nSPS) is 11.4. The maximum atomic E-state index is 12.2. The van der Waals surface area contributed by atoms with Gasteiger partial charge in [0.15, 0.2) is 0 Å². The minimum absolute atomic E-state index is 0.0686. The second kappa shape index (κ2) is 5.99. The van der Waals surface area contributed by atoms with E-state index >= 15 is 0 Å². The van der Waals surface area contributed by atoms with E-state index in [2.05, 4.69) is 15.6 Å². The highest BCUT2D eigenvalue weighted by Crippen LogP contribution is 2.16. The van der Waals surface area contributed by atoms with Gasteiger partial charge < -0.3 is 15.6 Å². The number of carbonyl (C=O) groups is 2. The number of fused-ring (bicyclic) bond motifs is 1. The molecule has 0 radical (unpaired) electrons. The monoisotopic (exact) mass is 287 g/mol. The van der Waals surface area contributed by atoms with Crippen molar-refractivity contribution in [2.75, 3.05) is 6.54 Å². The predicted molar refractivity (Wildman–Crippen MR) is 83.1 cm³/mol. The molecule has 2 aromatic rings. The zero-order valence-electron chi connectivity index (χ0n) is 12.6. The number of aromatic amines is 1. The summed E-state index contributed by atoms with van der Waals surface area (Å²) in [6, 6.07) is 7.48. The third-order valence-electron chi connectivity index (χ3n) is 2.98. The quantitative estimate of drug-likeness (QED) is 0.806. The van der Waals surface area contributed by atoms with Crippen molar-refractivity contribution in [3.63, 3.8) is 0 Å². The van der Waals surface area contributed by atoms with Crippen molar-refractivity contribution in [2.24, 2.45) is 0 Å². The zero-order valence-corrected chi connectivity index (χ0v) is 12.6. The van der Waals surface area contributed by atoms with E-state index in [1.54, 1.807) is 12.3 Å². The van der Waals surface area contributed by atoms with Crippen molar-refractivity contribution >= 4 is 22.7 Å². The van der Waals surface area contributed by atoms with E-state index in [-0.39, 0.29) is 23.8 Å². The molecule has 3 N–H and O–H groups in total. The SMILES string of the molecule is CC(C)(C)NC(=O)CCNC(=O)c1cccc2cc[nH]c12. The van der Waals surface area contributed by atoms with Crippen LogP contribution in [0.2, 0.25) is 0 Å². The number of amides is 2. The Hall–Kier alpha value is -2.30. The summed E-state index contributed by atoms with van der Waals surface area (Å²) in [6.07, 6.45) is 2.07. The van der Waals surface area contributed by atoms with Crippen LogP contribution in [0.4, 0.5) is 0 Å². The summed E-state index contributed by atoms with van der Waals surface area (Å²) in [5.41, 5.74) is 1.15. The molecule has 1 aromatic carbocycles. The first-order valence-electron chi connectivity index (χ1n) is 7.02. The Morgan fingerprint density at radius 3 is 2.67 bits per heavy atom. The van der Waals surface area contributed by atoms with E-state index in [0.29, 0.717) is 12.1 Å². The van der Waals surface area contributed by atoms with E-state index in [9.17, 15) is 9.59 Å². The molecule has 0 unspecified atom stereocenters. The van der Waals surface area contributed by atoms with Crippen molar-refractivity contribution in [1.29, 1.82) is 0 Å². The molecule has 0 saturated heterocycles. The highest BCUT2D eigenvalue weighted by atomic mass is 16.2. The van der Waals surface area contributed by atoms with E-state index in [1.165, 1.54) is 0 Å².